The highest BCUT2D eigenvalue weighted by atomic mass is 35.5. The van der Waals surface area contributed by atoms with E-state index in [0.717, 1.165) is 42.5 Å². The zero-order valence-electron chi connectivity index (χ0n) is 17.5. The van der Waals surface area contributed by atoms with Gasteiger partial charge in [0.15, 0.2) is 5.84 Å². The van der Waals surface area contributed by atoms with Crippen molar-refractivity contribution in [3.8, 4) is 16.9 Å². The Morgan fingerprint density at radius 3 is 2.38 bits per heavy atom. The van der Waals surface area contributed by atoms with E-state index >= 15 is 0 Å². The first kappa shape index (κ1) is 21.5. The van der Waals surface area contributed by atoms with Crippen LogP contribution in [-0.4, -0.2) is 27.1 Å². The molecule has 1 fully saturated rings. The van der Waals surface area contributed by atoms with Crippen LogP contribution in [0.3, 0.4) is 0 Å². The summed E-state index contributed by atoms with van der Waals surface area (Å²) in [7, 11) is 0. The number of amides is 1. The third kappa shape index (κ3) is 3.53. The van der Waals surface area contributed by atoms with E-state index in [2.05, 4.69) is 12.2 Å². The summed E-state index contributed by atoms with van der Waals surface area (Å²) in [6.45, 7) is 2.07. The lowest BCUT2D eigenvalue weighted by molar-refractivity contribution is -0.123. The van der Waals surface area contributed by atoms with Gasteiger partial charge in [-0.05, 0) is 49.6 Å². The lowest BCUT2D eigenvalue weighted by Crippen LogP contribution is -2.37. The largest absolute Gasteiger partial charge is 0.307 e. The fourth-order valence-corrected chi connectivity index (χ4v) is 5.25. The minimum Gasteiger partial charge on any atom is -0.307 e. The SMILES string of the molecule is CCc1c(C2=NC3(CCCC3)C(=O)N2)nn(-c2ccc(Cl)cc2Cl)c1-c1ccc(Cl)cc1. The third-order valence-electron chi connectivity index (χ3n) is 6.23. The van der Waals surface area contributed by atoms with Crippen molar-refractivity contribution < 1.29 is 4.79 Å². The predicted octanol–water partition coefficient (Wildman–Crippen LogP) is 6.25. The minimum atomic E-state index is -0.650. The second-order valence-electron chi connectivity index (χ2n) is 8.20. The second kappa shape index (κ2) is 8.22. The van der Waals surface area contributed by atoms with Gasteiger partial charge in [-0.25, -0.2) is 9.67 Å². The normalized spacial score (nSPS) is 17.1. The topological polar surface area (TPSA) is 59.3 Å². The van der Waals surface area contributed by atoms with Crippen LogP contribution in [0.2, 0.25) is 15.1 Å². The van der Waals surface area contributed by atoms with Crippen molar-refractivity contribution >= 4 is 46.5 Å². The molecule has 164 valence electrons. The highest BCUT2D eigenvalue weighted by Gasteiger charge is 2.46. The molecule has 1 aliphatic heterocycles. The Morgan fingerprint density at radius 2 is 1.72 bits per heavy atom. The van der Waals surface area contributed by atoms with Gasteiger partial charge in [-0.2, -0.15) is 5.10 Å². The molecular formula is C24H21Cl3N4O. The van der Waals surface area contributed by atoms with E-state index in [9.17, 15) is 4.79 Å². The summed E-state index contributed by atoms with van der Waals surface area (Å²) >= 11 is 18.8. The lowest BCUT2D eigenvalue weighted by atomic mass is 9.99. The van der Waals surface area contributed by atoms with E-state index in [0.29, 0.717) is 38.7 Å². The Kier molecular flexibility index (Phi) is 5.52. The summed E-state index contributed by atoms with van der Waals surface area (Å²) < 4.78 is 1.81. The van der Waals surface area contributed by atoms with Crippen molar-refractivity contribution in [2.45, 2.75) is 44.6 Å². The van der Waals surface area contributed by atoms with Gasteiger partial charge in [-0.3, -0.25) is 4.79 Å². The minimum absolute atomic E-state index is 0.0285. The molecule has 32 heavy (non-hydrogen) atoms. The maximum absolute atomic E-state index is 12.8. The molecule has 0 atom stereocenters. The highest BCUT2D eigenvalue weighted by molar-refractivity contribution is 6.35. The van der Waals surface area contributed by atoms with Crippen LogP contribution in [-0.2, 0) is 11.2 Å². The molecule has 1 amide bonds. The van der Waals surface area contributed by atoms with Crippen molar-refractivity contribution in [2.75, 3.05) is 0 Å². The number of aromatic nitrogens is 2. The molecule has 2 aliphatic rings. The Hall–Kier alpha value is -2.34. The first-order valence-electron chi connectivity index (χ1n) is 10.7. The maximum atomic E-state index is 12.8. The molecule has 1 spiro atoms. The quantitative estimate of drug-likeness (QED) is 0.473. The summed E-state index contributed by atoms with van der Waals surface area (Å²) in [5, 5.41) is 9.61. The van der Waals surface area contributed by atoms with Crippen LogP contribution in [0.4, 0.5) is 0 Å². The van der Waals surface area contributed by atoms with E-state index in [4.69, 9.17) is 44.9 Å². The van der Waals surface area contributed by atoms with Crippen molar-refractivity contribution in [3.63, 3.8) is 0 Å². The van der Waals surface area contributed by atoms with Crippen molar-refractivity contribution in [1.29, 1.82) is 0 Å². The Bertz CT molecular complexity index is 1240. The average Bonchev–Trinajstić information content (AvgIpc) is 3.47. The second-order valence-corrected chi connectivity index (χ2v) is 9.48. The number of carbonyl (C=O) groups excluding carboxylic acids is 1. The van der Waals surface area contributed by atoms with E-state index in [-0.39, 0.29) is 5.91 Å². The summed E-state index contributed by atoms with van der Waals surface area (Å²) in [4.78, 5) is 17.7. The number of nitrogens with zero attached hydrogens (tertiary/aromatic N) is 3. The van der Waals surface area contributed by atoms with Gasteiger partial charge >= 0.3 is 0 Å². The van der Waals surface area contributed by atoms with Crippen molar-refractivity contribution in [2.24, 2.45) is 4.99 Å². The van der Waals surface area contributed by atoms with Gasteiger partial charge in [0.05, 0.1) is 16.4 Å². The van der Waals surface area contributed by atoms with Crippen LogP contribution in [0.25, 0.3) is 16.9 Å². The average molecular weight is 488 g/mol. The number of amidine groups is 1. The number of carbonyl (C=O) groups is 1. The Morgan fingerprint density at radius 1 is 1.03 bits per heavy atom. The summed E-state index contributed by atoms with van der Waals surface area (Å²) in [5.41, 5.74) is 3.52. The van der Waals surface area contributed by atoms with Gasteiger partial charge in [-0.1, -0.05) is 66.7 Å². The lowest BCUT2D eigenvalue weighted by Gasteiger charge is -2.14. The van der Waals surface area contributed by atoms with Crippen LogP contribution in [0.15, 0.2) is 47.5 Å². The first-order chi connectivity index (χ1) is 15.4. The predicted molar refractivity (Wildman–Crippen MR) is 129 cm³/mol. The number of rotatable bonds is 4. The van der Waals surface area contributed by atoms with Gasteiger partial charge in [0.1, 0.15) is 11.2 Å². The molecule has 1 aliphatic carbocycles. The maximum Gasteiger partial charge on any atom is 0.253 e. The summed E-state index contributed by atoms with van der Waals surface area (Å²) in [5.74, 6) is 0.506. The number of hydrogen-bond donors (Lipinski definition) is 1. The van der Waals surface area contributed by atoms with Gasteiger partial charge < -0.3 is 5.32 Å². The molecular weight excluding hydrogens is 467 g/mol. The molecule has 3 aromatic rings. The molecule has 0 bridgehead atoms. The number of aliphatic imine (C=N–C) groups is 1. The smallest absolute Gasteiger partial charge is 0.253 e. The zero-order chi connectivity index (χ0) is 22.5. The molecule has 5 rings (SSSR count). The fourth-order valence-electron chi connectivity index (χ4n) is 4.63. The van der Waals surface area contributed by atoms with E-state index in [1.165, 1.54) is 0 Å². The van der Waals surface area contributed by atoms with E-state index in [1.54, 1.807) is 12.1 Å². The highest BCUT2D eigenvalue weighted by Crippen LogP contribution is 2.39. The van der Waals surface area contributed by atoms with Crippen molar-refractivity contribution in [1.82, 2.24) is 15.1 Å². The molecule has 2 aromatic carbocycles. The van der Waals surface area contributed by atoms with Crippen LogP contribution in [0.1, 0.15) is 43.9 Å². The summed E-state index contributed by atoms with van der Waals surface area (Å²) in [6.07, 6.45) is 4.26. The molecule has 0 radical (unpaired) electrons. The number of nitrogens with one attached hydrogen (secondary N) is 1. The van der Waals surface area contributed by atoms with E-state index < -0.39 is 5.54 Å². The van der Waals surface area contributed by atoms with Gasteiger partial charge in [-0.15, -0.1) is 0 Å². The van der Waals surface area contributed by atoms with Gasteiger partial charge in [0, 0.05) is 21.2 Å². The van der Waals surface area contributed by atoms with Crippen LogP contribution in [0, 0.1) is 0 Å². The third-order valence-corrected chi connectivity index (χ3v) is 7.02. The molecule has 1 aromatic heterocycles. The molecule has 2 heterocycles. The standard InChI is InChI=1S/C24H21Cl3N4O/c1-2-17-20(22-28-23(32)24(29-22)11-3-4-12-24)30-31(19-10-9-16(26)13-18(19)27)21(17)14-5-7-15(25)8-6-14/h5-10,13H,2-4,11-12H2,1H3,(H,28,29,32). The fraction of sp³-hybridized carbons (Fsp3) is 0.292. The molecule has 0 unspecified atom stereocenters. The Labute approximate surface area is 201 Å². The summed E-state index contributed by atoms with van der Waals surface area (Å²) in [6, 6.07) is 12.9. The molecule has 1 saturated carbocycles. The number of hydrogen-bond acceptors (Lipinski definition) is 3. The van der Waals surface area contributed by atoms with Crippen LogP contribution >= 0.6 is 34.8 Å². The van der Waals surface area contributed by atoms with E-state index in [1.807, 2.05) is 35.0 Å². The monoisotopic (exact) mass is 486 g/mol. The number of benzene rings is 2. The molecule has 5 nitrogen and oxygen atoms in total. The molecule has 1 N–H and O–H groups in total. The molecule has 8 heteroatoms. The Balaban J connectivity index is 1.74. The zero-order valence-corrected chi connectivity index (χ0v) is 19.7. The first-order valence-corrected chi connectivity index (χ1v) is 11.8. The number of halogens is 3. The van der Waals surface area contributed by atoms with Crippen LogP contribution < -0.4 is 5.32 Å². The van der Waals surface area contributed by atoms with Crippen molar-refractivity contribution in [3.05, 3.63) is 68.8 Å². The molecule has 0 saturated heterocycles. The van der Waals surface area contributed by atoms with Gasteiger partial charge in [0.25, 0.3) is 5.91 Å². The van der Waals surface area contributed by atoms with Crippen LogP contribution in [0.5, 0.6) is 0 Å². The van der Waals surface area contributed by atoms with Gasteiger partial charge in [0.2, 0.25) is 0 Å².